The van der Waals surface area contributed by atoms with Crippen molar-refractivity contribution >= 4 is 28.9 Å². The van der Waals surface area contributed by atoms with E-state index in [9.17, 15) is 39.5 Å². The summed E-state index contributed by atoms with van der Waals surface area (Å²) < 4.78 is 233. The van der Waals surface area contributed by atoms with Gasteiger partial charge in [0, 0.05) is 0 Å². The SMILES string of the molecule is C[C@@H]1COC(=[O+][B-](c2c(F)c(F)c(F)c(F)c2F)(c2c(F)c(F)c(F)c(F)c2F)c2c(F)c(F)c(F)c(F)c2F)O1. The molecule has 19 heteroatoms. The Hall–Kier alpha value is -4.06. The number of ether oxygens (including phenoxy) is 2. The molecule has 1 saturated heterocycles. The smallest absolute Gasteiger partial charge is 0.552 e. The second kappa shape index (κ2) is 10.1. The van der Waals surface area contributed by atoms with Crippen molar-refractivity contribution in [2.75, 3.05) is 6.61 Å². The summed E-state index contributed by atoms with van der Waals surface area (Å²) in [5.41, 5.74) is -8.81. The molecule has 0 spiro atoms. The Balaban J connectivity index is 2.48. The van der Waals surface area contributed by atoms with Gasteiger partial charge in [-0.15, -0.1) is 0 Å². The Morgan fingerprint density at radius 1 is 0.463 bits per heavy atom. The van der Waals surface area contributed by atoms with E-state index in [1.165, 1.54) is 0 Å². The van der Waals surface area contributed by atoms with Crippen LogP contribution in [0, 0.1) is 87.3 Å². The first-order chi connectivity index (χ1) is 19.0. The van der Waals surface area contributed by atoms with Crippen molar-refractivity contribution in [3.8, 4) is 0 Å². The maximum atomic E-state index is 15.2. The van der Waals surface area contributed by atoms with E-state index in [2.05, 4.69) is 9.08 Å². The first kappa shape index (κ1) is 29.9. The molecule has 0 amide bonds. The summed E-state index contributed by atoms with van der Waals surface area (Å²) >= 11 is 0. The maximum Gasteiger partial charge on any atom is 0.659 e. The molecule has 1 aliphatic rings. The van der Waals surface area contributed by atoms with E-state index in [0.717, 1.165) is 6.92 Å². The molecule has 0 saturated carbocycles. The lowest BCUT2D eigenvalue weighted by Crippen LogP contribution is -2.71. The zero-order valence-corrected chi connectivity index (χ0v) is 19.3. The third kappa shape index (κ3) is 4.15. The number of rotatable bonds is 4. The molecule has 1 heterocycles. The molecule has 0 aliphatic carbocycles. The van der Waals surface area contributed by atoms with E-state index in [-0.39, 0.29) is 0 Å². The van der Waals surface area contributed by atoms with Crippen molar-refractivity contribution in [3.63, 3.8) is 0 Å². The molecule has 1 atom stereocenters. The number of cyclic esters (lactones) is 2. The number of benzene rings is 3. The molecule has 3 aromatic rings. The van der Waals surface area contributed by atoms with Crippen molar-refractivity contribution < 1.29 is 79.7 Å². The molecule has 3 nitrogen and oxygen atoms in total. The largest absolute Gasteiger partial charge is 0.659 e. The van der Waals surface area contributed by atoms with Crippen molar-refractivity contribution in [3.05, 3.63) is 87.3 Å². The molecule has 3 aromatic carbocycles. The van der Waals surface area contributed by atoms with E-state index >= 15 is 26.3 Å². The van der Waals surface area contributed by atoms with Crippen LogP contribution in [-0.2, 0) is 9.47 Å². The first-order valence-corrected chi connectivity index (χ1v) is 10.6. The molecule has 1 aliphatic heterocycles. The summed E-state index contributed by atoms with van der Waals surface area (Å²) in [5, 5.41) is 0. The minimum Gasteiger partial charge on any atom is -0.552 e. The fraction of sp³-hybridized carbons (Fsp3) is 0.136. The molecule has 0 aromatic heterocycles. The Kier molecular flexibility index (Phi) is 7.36. The molecule has 220 valence electrons. The minimum atomic E-state index is -6.24. The topological polar surface area (TPSA) is 29.8 Å². The lowest BCUT2D eigenvalue weighted by Gasteiger charge is -2.36. The van der Waals surface area contributed by atoms with Crippen molar-refractivity contribution in [1.82, 2.24) is 0 Å². The van der Waals surface area contributed by atoms with Crippen LogP contribution in [0.15, 0.2) is 0 Å². The second-order valence-corrected chi connectivity index (χ2v) is 8.34. The van der Waals surface area contributed by atoms with Crippen LogP contribution in [0.3, 0.4) is 0 Å². The number of hydrogen-bond acceptors (Lipinski definition) is 2. The molecule has 41 heavy (non-hydrogen) atoms. The third-order valence-electron chi connectivity index (χ3n) is 5.96. The zero-order chi connectivity index (χ0) is 30.9. The predicted molar refractivity (Wildman–Crippen MR) is 105 cm³/mol. The lowest BCUT2D eigenvalue weighted by atomic mass is 9.27. The quantitative estimate of drug-likeness (QED) is 0.105. The Morgan fingerprint density at radius 3 is 0.927 bits per heavy atom. The van der Waals surface area contributed by atoms with Crippen LogP contribution in [0.4, 0.5) is 70.2 Å². The highest BCUT2D eigenvalue weighted by Gasteiger charge is 2.55. The highest BCUT2D eigenvalue weighted by Crippen LogP contribution is 2.31. The molecule has 0 unspecified atom stereocenters. The molecule has 4 rings (SSSR count). The van der Waals surface area contributed by atoms with Gasteiger partial charge < -0.3 is 13.8 Å². The normalized spacial score (nSPS) is 16.4. The molecule has 0 radical (unpaired) electrons. The van der Waals surface area contributed by atoms with E-state index in [4.69, 9.17) is 4.74 Å². The Morgan fingerprint density at radius 2 is 0.707 bits per heavy atom. The van der Waals surface area contributed by atoms with Crippen LogP contribution in [-0.4, -0.2) is 25.2 Å². The molecular weight excluding hydrogens is 608 g/mol. The summed E-state index contributed by atoms with van der Waals surface area (Å²) in [4.78, 5) is 0. The molecule has 0 bridgehead atoms. The summed E-state index contributed by atoms with van der Waals surface area (Å²) in [7, 11) is 0. The highest BCUT2D eigenvalue weighted by molar-refractivity contribution is 7.06. The lowest BCUT2D eigenvalue weighted by molar-refractivity contribution is -0.0108. The van der Waals surface area contributed by atoms with Crippen molar-refractivity contribution in [2.24, 2.45) is 0 Å². The predicted octanol–water partition coefficient (Wildman–Crippen LogP) is 4.83. The van der Waals surface area contributed by atoms with Gasteiger partial charge in [0.05, 0.1) is 0 Å². The highest BCUT2D eigenvalue weighted by atomic mass is 19.2. The van der Waals surface area contributed by atoms with Crippen LogP contribution < -0.4 is 16.4 Å². The minimum absolute atomic E-state index is 0.702. The Labute approximate surface area is 216 Å². The average Bonchev–Trinajstić information content (AvgIpc) is 3.34. The van der Waals surface area contributed by atoms with E-state index < -0.39 is 129 Å². The third-order valence-corrected chi connectivity index (χ3v) is 5.96. The standard InChI is InChI=1S/C22H6BF15O3/c1-3-2-39-22(40-3)41-23(4-7(24)13(30)19(36)14(31)8(4)25,5-9(26)15(32)20(37)16(33)10(5)27)6-11(28)17(34)21(38)18(35)12(6)29/h3H,2H2,1H3/t3-/m1/s1. The molecule has 1 fully saturated rings. The van der Waals surface area contributed by atoms with Crippen molar-refractivity contribution in [1.29, 1.82) is 0 Å². The van der Waals surface area contributed by atoms with Gasteiger partial charge in [-0.1, -0.05) is 16.4 Å². The van der Waals surface area contributed by atoms with Gasteiger partial charge in [-0.05, 0) is 6.92 Å². The summed E-state index contributed by atoms with van der Waals surface area (Å²) in [6, 6.07) is 0. The Bertz CT molecular complexity index is 1400. The summed E-state index contributed by atoms with van der Waals surface area (Å²) in [6.45, 7) is 0.382. The number of hydrogen-bond donors (Lipinski definition) is 0. The van der Waals surface area contributed by atoms with Gasteiger partial charge in [0.25, 0.3) is 0 Å². The average molecular weight is 614 g/mol. The number of carbonyl (C=O) groups excluding carboxylic acids is 1. The van der Waals surface area contributed by atoms with Crippen LogP contribution >= 0.6 is 0 Å². The number of halogens is 15. The van der Waals surface area contributed by atoms with Crippen LogP contribution in [0.25, 0.3) is 0 Å². The van der Waals surface area contributed by atoms with Gasteiger partial charge in [-0.3, -0.25) is 0 Å². The van der Waals surface area contributed by atoms with Crippen LogP contribution in [0.1, 0.15) is 6.92 Å². The maximum absolute atomic E-state index is 15.2. The summed E-state index contributed by atoms with van der Waals surface area (Å²) in [5.74, 6) is -47.3. The molecular formula is C22H6BF15O3. The van der Waals surface area contributed by atoms with Crippen LogP contribution in [0.5, 0.6) is 0 Å². The fourth-order valence-electron chi connectivity index (χ4n) is 4.17. The summed E-state index contributed by atoms with van der Waals surface area (Å²) in [6.07, 6.45) is -9.21. The monoisotopic (exact) mass is 614 g/mol. The second-order valence-electron chi connectivity index (χ2n) is 8.34. The van der Waals surface area contributed by atoms with E-state index in [0.29, 0.717) is 0 Å². The van der Waals surface area contributed by atoms with Gasteiger partial charge in [-0.25, -0.2) is 65.9 Å². The fourth-order valence-corrected chi connectivity index (χ4v) is 4.17. The van der Waals surface area contributed by atoms with E-state index in [1.54, 1.807) is 0 Å². The van der Waals surface area contributed by atoms with E-state index in [1.807, 2.05) is 0 Å². The van der Waals surface area contributed by atoms with Gasteiger partial charge in [0.1, 0.15) is 34.9 Å². The molecule has 0 N–H and O–H groups in total. The zero-order valence-electron chi connectivity index (χ0n) is 19.3. The van der Waals surface area contributed by atoms with Crippen LogP contribution in [0.2, 0.25) is 0 Å². The van der Waals surface area contributed by atoms with Gasteiger partial charge in [-0.2, -0.15) is 0 Å². The van der Waals surface area contributed by atoms with Gasteiger partial charge >= 0.3 is 12.5 Å². The van der Waals surface area contributed by atoms with Crippen molar-refractivity contribution in [2.45, 2.75) is 13.0 Å². The van der Waals surface area contributed by atoms with Gasteiger partial charge in [0.2, 0.25) is 12.7 Å². The van der Waals surface area contributed by atoms with Gasteiger partial charge in [0.15, 0.2) is 52.4 Å². The first-order valence-electron chi connectivity index (χ1n) is 10.6.